The lowest BCUT2D eigenvalue weighted by atomic mass is 10.1. The first-order chi connectivity index (χ1) is 17.1. The third kappa shape index (κ3) is 4.27. The zero-order valence-electron chi connectivity index (χ0n) is 19.0. The maximum atomic E-state index is 9.97. The Balaban J connectivity index is 1.53. The second-order valence-corrected chi connectivity index (χ2v) is 9.20. The van der Waals surface area contributed by atoms with E-state index in [0.29, 0.717) is 40.0 Å². The van der Waals surface area contributed by atoms with Crippen molar-refractivity contribution in [2.75, 3.05) is 24.4 Å². The average Bonchev–Trinajstić information content (AvgIpc) is 3.52. The van der Waals surface area contributed by atoms with E-state index in [4.69, 9.17) is 20.6 Å². The number of nitriles is 1. The molecule has 0 unspecified atom stereocenters. The highest BCUT2D eigenvalue weighted by Crippen LogP contribution is 2.35. The first-order valence-electron chi connectivity index (χ1n) is 10.7. The lowest BCUT2D eigenvalue weighted by Crippen LogP contribution is -2.05. The molecule has 0 radical (unpaired) electrons. The molecule has 0 aliphatic rings. The van der Waals surface area contributed by atoms with Crippen LogP contribution in [-0.2, 0) is 6.54 Å². The molecule has 3 aromatic heterocycles. The van der Waals surface area contributed by atoms with Gasteiger partial charge in [-0.1, -0.05) is 30.3 Å². The van der Waals surface area contributed by atoms with Gasteiger partial charge >= 0.3 is 0 Å². The van der Waals surface area contributed by atoms with E-state index in [-0.39, 0.29) is 0 Å². The molecule has 0 spiro atoms. The van der Waals surface area contributed by atoms with Crippen molar-refractivity contribution in [3.05, 3.63) is 71.2 Å². The molecule has 8 nitrogen and oxygen atoms in total. The lowest BCUT2D eigenvalue weighted by molar-refractivity contribution is 0.415. The van der Waals surface area contributed by atoms with Crippen molar-refractivity contribution in [3.63, 3.8) is 0 Å². The molecule has 10 heteroatoms. The summed E-state index contributed by atoms with van der Waals surface area (Å²) in [5.41, 5.74) is 11.3. The Bertz CT molecular complexity index is 1540. The molecule has 0 saturated heterocycles. The van der Waals surface area contributed by atoms with Crippen LogP contribution in [0, 0.1) is 11.3 Å². The highest BCUT2D eigenvalue weighted by atomic mass is 32.2. The molecule has 5 aromatic rings. The minimum absolute atomic E-state index is 0.355. The van der Waals surface area contributed by atoms with Crippen molar-refractivity contribution >= 4 is 40.3 Å². The van der Waals surface area contributed by atoms with Crippen LogP contribution < -0.4 is 15.8 Å². The van der Waals surface area contributed by atoms with Gasteiger partial charge in [-0.25, -0.2) is 14.5 Å². The standard InChI is InChI=1S/C25H21N7OS2/c1-33-18-10-8-15(9-11-18)21-20(27)25(34-2)30-23-19(12-26)22(31-32(21)23)28-13-17-14-35-24(29-17)16-6-4-3-5-7-16/h3-11,14H,13,27H2,1-2H3,(H,28,31). The summed E-state index contributed by atoms with van der Waals surface area (Å²) in [6, 6.07) is 19.8. The van der Waals surface area contributed by atoms with Gasteiger partial charge in [0.1, 0.15) is 33.1 Å². The summed E-state index contributed by atoms with van der Waals surface area (Å²) in [7, 11) is 1.62. The number of benzene rings is 2. The minimum Gasteiger partial charge on any atom is -0.497 e. The molecule has 0 atom stereocenters. The van der Waals surface area contributed by atoms with Crippen LogP contribution in [-0.4, -0.2) is 32.9 Å². The van der Waals surface area contributed by atoms with E-state index < -0.39 is 0 Å². The van der Waals surface area contributed by atoms with Crippen molar-refractivity contribution in [2.45, 2.75) is 11.6 Å². The number of fused-ring (bicyclic) bond motifs is 1. The van der Waals surface area contributed by atoms with Crippen molar-refractivity contribution in [3.8, 4) is 33.6 Å². The van der Waals surface area contributed by atoms with E-state index in [0.717, 1.165) is 27.6 Å². The van der Waals surface area contributed by atoms with Gasteiger partial charge in [0.15, 0.2) is 11.5 Å². The number of hydrogen-bond acceptors (Lipinski definition) is 9. The highest BCUT2D eigenvalue weighted by Gasteiger charge is 2.22. The predicted molar refractivity (Wildman–Crippen MR) is 141 cm³/mol. The molecular formula is C25H21N7OS2. The van der Waals surface area contributed by atoms with Crippen molar-refractivity contribution in [1.29, 1.82) is 5.26 Å². The number of anilines is 2. The Hall–Kier alpha value is -4.07. The number of hydrogen-bond donors (Lipinski definition) is 2. The smallest absolute Gasteiger partial charge is 0.177 e. The zero-order chi connectivity index (χ0) is 24.4. The van der Waals surface area contributed by atoms with E-state index in [1.165, 1.54) is 11.8 Å². The van der Waals surface area contributed by atoms with Crippen molar-refractivity contribution < 1.29 is 4.74 Å². The van der Waals surface area contributed by atoms with Crippen LogP contribution in [0.5, 0.6) is 5.75 Å². The third-order valence-electron chi connectivity index (χ3n) is 5.44. The highest BCUT2D eigenvalue weighted by molar-refractivity contribution is 7.98. The van der Waals surface area contributed by atoms with Crippen molar-refractivity contribution in [1.82, 2.24) is 19.6 Å². The van der Waals surface area contributed by atoms with Gasteiger partial charge in [-0.15, -0.1) is 28.2 Å². The second kappa shape index (κ2) is 9.66. The van der Waals surface area contributed by atoms with Crippen LogP contribution in [0.2, 0.25) is 0 Å². The minimum atomic E-state index is 0.355. The number of ether oxygens (including phenoxy) is 1. The maximum absolute atomic E-state index is 9.97. The molecule has 2 aromatic carbocycles. The number of methoxy groups -OCH3 is 1. The molecular weight excluding hydrogens is 478 g/mol. The molecule has 174 valence electrons. The number of thiazole rings is 1. The molecule has 0 aliphatic carbocycles. The molecule has 0 amide bonds. The molecule has 0 aliphatic heterocycles. The number of nitrogens with one attached hydrogen (secondary N) is 1. The third-order valence-corrected chi connectivity index (χ3v) is 7.08. The average molecular weight is 500 g/mol. The van der Waals surface area contributed by atoms with Gasteiger partial charge in [0, 0.05) is 16.5 Å². The zero-order valence-corrected chi connectivity index (χ0v) is 20.7. The van der Waals surface area contributed by atoms with E-state index in [9.17, 15) is 5.26 Å². The van der Waals surface area contributed by atoms with Crippen molar-refractivity contribution in [2.24, 2.45) is 0 Å². The summed E-state index contributed by atoms with van der Waals surface area (Å²) in [6.45, 7) is 0.421. The molecule has 3 N–H and O–H groups in total. The van der Waals surface area contributed by atoms with Gasteiger partial charge in [0.05, 0.1) is 25.0 Å². The van der Waals surface area contributed by atoms with Crippen LogP contribution in [0.15, 0.2) is 65.0 Å². The largest absolute Gasteiger partial charge is 0.497 e. The Morgan fingerprint density at radius 3 is 2.57 bits per heavy atom. The fourth-order valence-electron chi connectivity index (χ4n) is 3.72. The molecule has 3 heterocycles. The quantitative estimate of drug-likeness (QED) is 0.229. The Kier molecular flexibility index (Phi) is 6.27. The number of rotatable bonds is 7. The number of thioether (sulfide) groups is 1. The maximum Gasteiger partial charge on any atom is 0.177 e. The normalized spacial score (nSPS) is 10.9. The number of nitrogens with two attached hydrogens (primary N) is 1. The lowest BCUT2D eigenvalue weighted by Gasteiger charge is -2.12. The van der Waals surface area contributed by atoms with Gasteiger partial charge in [-0.3, -0.25) is 0 Å². The fraction of sp³-hybridized carbons (Fsp3) is 0.120. The van der Waals surface area contributed by atoms with Gasteiger partial charge in [-0.2, -0.15) is 5.26 Å². The SMILES string of the molecule is COc1ccc(-c2c(N)c(SC)nc3c(C#N)c(NCc4csc(-c5ccccc5)n4)nn23)cc1. The molecule has 0 bridgehead atoms. The predicted octanol–water partition coefficient (Wildman–Crippen LogP) is 5.32. The van der Waals surface area contributed by atoms with E-state index in [1.54, 1.807) is 23.0 Å². The van der Waals surface area contributed by atoms with E-state index >= 15 is 0 Å². The number of nitrogen functional groups attached to an aromatic ring is 1. The summed E-state index contributed by atoms with van der Waals surface area (Å²) in [4.78, 5) is 9.36. The monoisotopic (exact) mass is 499 g/mol. The first kappa shape index (κ1) is 22.7. The van der Waals surface area contributed by atoms with Crippen LogP contribution >= 0.6 is 23.1 Å². The first-order valence-corrected chi connectivity index (χ1v) is 12.8. The van der Waals surface area contributed by atoms with Gasteiger partial charge < -0.3 is 15.8 Å². The topological polar surface area (TPSA) is 114 Å². The Morgan fingerprint density at radius 1 is 1.11 bits per heavy atom. The summed E-state index contributed by atoms with van der Waals surface area (Å²) < 4.78 is 6.92. The summed E-state index contributed by atoms with van der Waals surface area (Å²) >= 11 is 3.00. The van der Waals surface area contributed by atoms with Crippen LogP contribution in [0.4, 0.5) is 11.5 Å². The fourth-order valence-corrected chi connectivity index (χ4v) is 5.05. The summed E-state index contributed by atoms with van der Waals surface area (Å²) in [5, 5.41) is 21.5. The molecule has 0 fully saturated rings. The van der Waals surface area contributed by atoms with E-state index in [2.05, 4.69) is 16.4 Å². The molecule has 5 rings (SSSR count). The Morgan fingerprint density at radius 2 is 1.89 bits per heavy atom. The summed E-state index contributed by atoms with van der Waals surface area (Å²) in [5.74, 6) is 1.17. The van der Waals surface area contributed by atoms with Crippen LogP contribution in [0.25, 0.3) is 27.5 Å². The van der Waals surface area contributed by atoms with Crippen LogP contribution in [0.3, 0.4) is 0 Å². The molecule has 0 saturated carbocycles. The Labute approximate surface area is 210 Å². The van der Waals surface area contributed by atoms with Crippen LogP contribution in [0.1, 0.15) is 11.3 Å². The van der Waals surface area contributed by atoms with E-state index in [1.807, 2.05) is 66.2 Å². The summed E-state index contributed by atoms with van der Waals surface area (Å²) in [6.07, 6.45) is 1.90. The number of aromatic nitrogens is 4. The van der Waals surface area contributed by atoms with Gasteiger partial charge in [-0.05, 0) is 30.5 Å². The van der Waals surface area contributed by atoms with Gasteiger partial charge in [0.2, 0.25) is 0 Å². The molecule has 35 heavy (non-hydrogen) atoms. The van der Waals surface area contributed by atoms with Gasteiger partial charge in [0.25, 0.3) is 0 Å². The second-order valence-electron chi connectivity index (χ2n) is 7.55. The number of nitrogens with zero attached hydrogens (tertiary/aromatic N) is 5.